The molecule has 1 fully saturated rings. The molecule has 1 atom stereocenters. The molecule has 1 aromatic heterocycles. The van der Waals surface area contributed by atoms with Crippen molar-refractivity contribution in [3.05, 3.63) is 11.7 Å². The van der Waals surface area contributed by atoms with Crippen LogP contribution in [0.2, 0.25) is 0 Å². The highest BCUT2D eigenvalue weighted by Crippen LogP contribution is 2.12. The molecule has 1 aliphatic rings. The van der Waals surface area contributed by atoms with Gasteiger partial charge < -0.3 is 9.84 Å². The number of hydrogen-bond acceptors (Lipinski definition) is 5. The first kappa shape index (κ1) is 11.9. The fraction of sp³-hybridized carbons (Fsp3) is 0.818. The Labute approximate surface area is 101 Å². The zero-order chi connectivity index (χ0) is 11.2. The van der Waals surface area contributed by atoms with E-state index in [-0.39, 0.29) is 0 Å². The van der Waals surface area contributed by atoms with Crippen LogP contribution in [0.4, 0.5) is 0 Å². The van der Waals surface area contributed by atoms with Gasteiger partial charge in [0.1, 0.15) is 0 Å². The monoisotopic (exact) mass is 241 g/mol. The molecule has 0 aromatic carbocycles. The number of aromatic nitrogens is 2. The van der Waals surface area contributed by atoms with Crippen LogP contribution in [0.3, 0.4) is 0 Å². The van der Waals surface area contributed by atoms with E-state index >= 15 is 0 Å². The Balaban J connectivity index is 1.81. The van der Waals surface area contributed by atoms with Crippen LogP contribution >= 0.6 is 11.8 Å². The molecule has 16 heavy (non-hydrogen) atoms. The molecule has 1 unspecified atom stereocenters. The lowest BCUT2D eigenvalue weighted by atomic mass is 10.2. The zero-order valence-corrected chi connectivity index (χ0v) is 10.6. The molecule has 2 rings (SSSR count). The summed E-state index contributed by atoms with van der Waals surface area (Å²) >= 11 is 1.99. The maximum absolute atomic E-state index is 5.25. The van der Waals surface area contributed by atoms with E-state index in [0.717, 1.165) is 43.3 Å². The molecule has 0 bridgehead atoms. The van der Waals surface area contributed by atoms with Gasteiger partial charge in [-0.15, -0.1) is 0 Å². The molecule has 0 aliphatic carbocycles. The highest BCUT2D eigenvalue weighted by molar-refractivity contribution is 7.99. The first-order valence-corrected chi connectivity index (χ1v) is 7.16. The van der Waals surface area contributed by atoms with E-state index in [2.05, 4.69) is 22.4 Å². The number of nitrogens with one attached hydrogen (secondary N) is 1. The molecule has 90 valence electrons. The molecule has 1 aliphatic heterocycles. The summed E-state index contributed by atoms with van der Waals surface area (Å²) in [7, 11) is 0. The second kappa shape index (κ2) is 6.25. The quantitative estimate of drug-likeness (QED) is 0.849. The molecule has 4 nitrogen and oxygen atoms in total. The zero-order valence-electron chi connectivity index (χ0n) is 9.74. The minimum Gasteiger partial charge on any atom is -0.339 e. The predicted octanol–water partition coefficient (Wildman–Crippen LogP) is 1.66. The summed E-state index contributed by atoms with van der Waals surface area (Å²) in [5.74, 6) is 4.00. The van der Waals surface area contributed by atoms with Crippen LogP contribution in [0.5, 0.6) is 0 Å². The standard InChI is InChI=1S/C11H19N3OS/c1-2-3-4-10-13-11(15-14-10)7-9-8-16-6-5-12-9/h9,12H,2-8H2,1H3. The number of hydrogen-bond donors (Lipinski definition) is 1. The van der Waals surface area contributed by atoms with Gasteiger partial charge in [-0.1, -0.05) is 18.5 Å². The van der Waals surface area contributed by atoms with Gasteiger partial charge in [-0.2, -0.15) is 16.7 Å². The molecule has 0 radical (unpaired) electrons. The average Bonchev–Trinajstić information content (AvgIpc) is 2.75. The molecule has 1 aromatic rings. The summed E-state index contributed by atoms with van der Waals surface area (Å²) in [5, 5.41) is 7.47. The smallest absolute Gasteiger partial charge is 0.228 e. The number of rotatable bonds is 5. The Hall–Kier alpha value is -0.550. The van der Waals surface area contributed by atoms with Crippen LogP contribution in [0.25, 0.3) is 0 Å². The Bertz CT molecular complexity index is 310. The lowest BCUT2D eigenvalue weighted by Gasteiger charge is -2.21. The molecular weight excluding hydrogens is 222 g/mol. The maximum Gasteiger partial charge on any atom is 0.228 e. The van der Waals surface area contributed by atoms with Gasteiger partial charge in [0, 0.05) is 36.9 Å². The number of thioether (sulfide) groups is 1. The molecule has 5 heteroatoms. The maximum atomic E-state index is 5.25. The largest absolute Gasteiger partial charge is 0.339 e. The number of nitrogens with zero attached hydrogens (tertiary/aromatic N) is 2. The fourth-order valence-corrected chi connectivity index (χ4v) is 2.72. The molecular formula is C11H19N3OS. The second-order valence-electron chi connectivity index (χ2n) is 4.14. The Morgan fingerprint density at radius 1 is 1.56 bits per heavy atom. The molecule has 0 saturated carbocycles. The van der Waals surface area contributed by atoms with Crippen molar-refractivity contribution in [1.82, 2.24) is 15.5 Å². The fourth-order valence-electron chi connectivity index (χ4n) is 1.77. The van der Waals surface area contributed by atoms with Crippen LogP contribution in [0, 0.1) is 0 Å². The van der Waals surface area contributed by atoms with Gasteiger partial charge in [0.15, 0.2) is 5.82 Å². The predicted molar refractivity (Wildman–Crippen MR) is 65.7 cm³/mol. The third-order valence-electron chi connectivity index (χ3n) is 2.68. The van der Waals surface area contributed by atoms with Crippen LogP contribution in [0.1, 0.15) is 31.5 Å². The second-order valence-corrected chi connectivity index (χ2v) is 5.29. The number of unbranched alkanes of at least 4 members (excludes halogenated alkanes) is 1. The Kier molecular flexibility index (Phi) is 4.66. The van der Waals surface area contributed by atoms with Crippen molar-refractivity contribution >= 4 is 11.8 Å². The van der Waals surface area contributed by atoms with Gasteiger partial charge in [-0.05, 0) is 6.42 Å². The Morgan fingerprint density at radius 2 is 2.50 bits per heavy atom. The minimum absolute atomic E-state index is 0.498. The molecule has 0 spiro atoms. The van der Waals surface area contributed by atoms with E-state index in [1.54, 1.807) is 0 Å². The van der Waals surface area contributed by atoms with Crippen LogP contribution in [0.15, 0.2) is 4.52 Å². The molecule has 1 N–H and O–H groups in total. The average molecular weight is 241 g/mol. The van der Waals surface area contributed by atoms with Crippen molar-refractivity contribution < 1.29 is 4.52 Å². The van der Waals surface area contributed by atoms with Crippen LogP contribution in [-0.2, 0) is 12.8 Å². The van der Waals surface area contributed by atoms with E-state index in [4.69, 9.17) is 4.52 Å². The van der Waals surface area contributed by atoms with Gasteiger partial charge in [-0.25, -0.2) is 0 Å². The third kappa shape index (κ3) is 3.49. The van der Waals surface area contributed by atoms with Crippen LogP contribution in [-0.4, -0.2) is 34.2 Å². The molecule has 2 heterocycles. The highest BCUT2D eigenvalue weighted by atomic mass is 32.2. The summed E-state index contributed by atoms with van der Waals surface area (Å²) < 4.78 is 5.25. The number of aryl methyl sites for hydroxylation is 1. The third-order valence-corrected chi connectivity index (χ3v) is 3.81. The van der Waals surface area contributed by atoms with Crippen molar-refractivity contribution in [3.8, 4) is 0 Å². The molecule has 1 saturated heterocycles. The summed E-state index contributed by atoms with van der Waals surface area (Å²) in [5.41, 5.74) is 0. The van der Waals surface area contributed by atoms with E-state index in [1.165, 1.54) is 12.2 Å². The first-order chi connectivity index (χ1) is 7.88. The van der Waals surface area contributed by atoms with Crippen molar-refractivity contribution in [2.45, 2.75) is 38.6 Å². The van der Waals surface area contributed by atoms with Gasteiger partial charge >= 0.3 is 0 Å². The summed E-state index contributed by atoms with van der Waals surface area (Å²) in [6, 6.07) is 0.498. The van der Waals surface area contributed by atoms with Gasteiger partial charge in [0.25, 0.3) is 0 Å². The lowest BCUT2D eigenvalue weighted by molar-refractivity contribution is 0.358. The van der Waals surface area contributed by atoms with Gasteiger partial charge in [-0.3, -0.25) is 0 Å². The van der Waals surface area contributed by atoms with Crippen molar-refractivity contribution in [1.29, 1.82) is 0 Å². The van der Waals surface area contributed by atoms with E-state index in [1.807, 2.05) is 11.8 Å². The summed E-state index contributed by atoms with van der Waals surface area (Å²) in [6.07, 6.45) is 4.11. The van der Waals surface area contributed by atoms with E-state index in [0.29, 0.717) is 6.04 Å². The van der Waals surface area contributed by atoms with Crippen molar-refractivity contribution in [3.63, 3.8) is 0 Å². The van der Waals surface area contributed by atoms with Crippen molar-refractivity contribution in [2.24, 2.45) is 0 Å². The topological polar surface area (TPSA) is 51.0 Å². The highest BCUT2D eigenvalue weighted by Gasteiger charge is 2.16. The first-order valence-electron chi connectivity index (χ1n) is 6.01. The van der Waals surface area contributed by atoms with Gasteiger partial charge in [0.2, 0.25) is 5.89 Å². The SMILES string of the molecule is CCCCc1noc(CC2CSCCN2)n1. The van der Waals surface area contributed by atoms with Gasteiger partial charge in [0.05, 0.1) is 0 Å². The lowest BCUT2D eigenvalue weighted by Crippen LogP contribution is -2.38. The summed E-state index contributed by atoms with van der Waals surface area (Å²) in [6.45, 7) is 3.26. The normalized spacial score (nSPS) is 21.2. The summed E-state index contributed by atoms with van der Waals surface area (Å²) in [4.78, 5) is 4.41. The van der Waals surface area contributed by atoms with Crippen molar-refractivity contribution in [2.75, 3.05) is 18.1 Å². The molecule has 0 amide bonds. The van der Waals surface area contributed by atoms with E-state index < -0.39 is 0 Å². The minimum atomic E-state index is 0.498. The van der Waals surface area contributed by atoms with Crippen LogP contribution < -0.4 is 5.32 Å². The van der Waals surface area contributed by atoms with E-state index in [9.17, 15) is 0 Å². The Morgan fingerprint density at radius 3 is 3.25 bits per heavy atom.